The predicted molar refractivity (Wildman–Crippen MR) is 50.8 cm³/mol. The highest BCUT2D eigenvalue weighted by Crippen LogP contribution is 2.30. The minimum absolute atomic E-state index is 0.250. The van der Waals surface area contributed by atoms with Crippen LogP contribution in [0.3, 0.4) is 0 Å². The Morgan fingerprint density at radius 1 is 1.38 bits per heavy atom. The third kappa shape index (κ3) is 2.12. The van der Waals surface area contributed by atoms with Crippen LogP contribution in [-0.4, -0.2) is 13.3 Å². The maximum Gasteiger partial charge on any atom is 0.306 e. The number of nitro groups is 1. The topological polar surface area (TPSA) is 77.3 Å². The summed E-state index contributed by atoms with van der Waals surface area (Å²) in [4.78, 5) is 8.10. The molecule has 0 saturated carbocycles. The first-order valence-corrected chi connectivity index (χ1v) is 6.05. The van der Waals surface area contributed by atoms with Crippen LogP contribution in [-0.2, 0) is 9.05 Å². The lowest BCUT2D eigenvalue weighted by Crippen LogP contribution is -2.04. The summed E-state index contributed by atoms with van der Waals surface area (Å²) in [5, 5.41) is 10.4. The van der Waals surface area contributed by atoms with Crippen LogP contribution in [0, 0.1) is 28.7 Å². The summed E-state index contributed by atoms with van der Waals surface area (Å²) in [5.74, 6) is -2.86. The van der Waals surface area contributed by atoms with Crippen molar-refractivity contribution in [2.24, 2.45) is 0 Å². The normalized spacial score (nSPS) is 11.5. The summed E-state index contributed by atoms with van der Waals surface area (Å²) < 4.78 is 48.2. The Hall–Kier alpha value is -1.28. The molecule has 0 aliphatic carbocycles. The maximum absolute atomic E-state index is 13.3. The molecular formula is C7H4ClF2NO4S. The quantitative estimate of drug-likeness (QED) is 0.469. The van der Waals surface area contributed by atoms with Crippen LogP contribution in [0.25, 0.3) is 0 Å². The average Bonchev–Trinajstić information content (AvgIpc) is 2.11. The molecule has 0 aliphatic heterocycles. The molecule has 88 valence electrons. The van der Waals surface area contributed by atoms with Gasteiger partial charge in [-0.05, 0) is 6.92 Å². The molecule has 0 atom stereocenters. The third-order valence-electron chi connectivity index (χ3n) is 1.83. The Labute approximate surface area is 93.2 Å². The van der Waals surface area contributed by atoms with Crippen molar-refractivity contribution in [1.82, 2.24) is 0 Å². The minimum atomic E-state index is -4.50. The lowest BCUT2D eigenvalue weighted by molar-refractivity contribution is -0.387. The van der Waals surface area contributed by atoms with E-state index in [9.17, 15) is 27.3 Å². The van der Waals surface area contributed by atoms with Crippen LogP contribution in [0.2, 0.25) is 0 Å². The zero-order valence-electron chi connectivity index (χ0n) is 7.70. The van der Waals surface area contributed by atoms with E-state index in [-0.39, 0.29) is 6.07 Å². The molecule has 0 bridgehead atoms. The fraction of sp³-hybridized carbons (Fsp3) is 0.143. The van der Waals surface area contributed by atoms with Gasteiger partial charge in [-0.2, -0.15) is 4.39 Å². The highest BCUT2D eigenvalue weighted by Gasteiger charge is 2.28. The molecule has 0 amide bonds. The summed E-state index contributed by atoms with van der Waals surface area (Å²) in [6.07, 6.45) is 0. The molecule has 1 aromatic rings. The fourth-order valence-corrected chi connectivity index (χ4v) is 1.99. The fourth-order valence-electron chi connectivity index (χ4n) is 1.03. The van der Waals surface area contributed by atoms with Crippen molar-refractivity contribution in [2.75, 3.05) is 0 Å². The Kier molecular flexibility index (Phi) is 3.15. The van der Waals surface area contributed by atoms with Gasteiger partial charge < -0.3 is 0 Å². The van der Waals surface area contributed by atoms with Gasteiger partial charge in [0.15, 0.2) is 0 Å². The van der Waals surface area contributed by atoms with Crippen molar-refractivity contribution in [1.29, 1.82) is 0 Å². The largest absolute Gasteiger partial charge is 0.306 e. The smallest absolute Gasteiger partial charge is 0.258 e. The summed E-state index contributed by atoms with van der Waals surface area (Å²) in [5.41, 5.74) is -1.91. The molecule has 0 radical (unpaired) electrons. The molecular weight excluding hydrogens is 268 g/mol. The first kappa shape index (κ1) is 12.8. The van der Waals surface area contributed by atoms with Gasteiger partial charge in [0.2, 0.25) is 5.82 Å². The van der Waals surface area contributed by atoms with Crippen molar-refractivity contribution in [3.05, 3.63) is 33.4 Å². The van der Waals surface area contributed by atoms with E-state index in [0.29, 0.717) is 0 Å². The summed E-state index contributed by atoms with van der Waals surface area (Å²) in [6.45, 7) is 0.878. The van der Waals surface area contributed by atoms with Crippen molar-refractivity contribution in [3.8, 4) is 0 Å². The van der Waals surface area contributed by atoms with Crippen LogP contribution < -0.4 is 0 Å². The maximum atomic E-state index is 13.3. The number of benzene rings is 1. The van der Waals surface area contributed by atoms with Crippen molar-refractivity contribution in [2.45, 2.75) is 11.8 Å². The Bertz CT molecular complexity index is 572. The van der Waals surface area contributed by atoms with E-state index in [0.717, 1.165) is 6.92 Å². The van der Waals surface area contributed by atoms with E-state index < -0.39 is 41.8 Å². The standard InChI is InChI=1S/C7H4ClF2NO4S/c1-3-6(9)4(11(12)13)2-5(7(3)10)16(8,14)15/h2H,1H3. The van der Waals surface area contributed by atoms with Gasteiger partial charge in [0.05, 0.1) is 4.92 Å². The summed E-state index contributed by atoms with van der Waals surface area (Å²) >= 11 is 0. The van der Waals surface area contributed by atoms with Gasteiger partial charge in [0.1, 0.15) is 10.7 Å². The van der Waals surface area contributed by atoms with Gasteiger partial charge in [0, 0.05) is 22.3 Å². The molecule has 0 aromatic heterocycles. The molecule has 1 aromatic carbocycles. The second-order valence-corrected chi connectivity index (χ2v) is 5.38. The second kappa shape index (κ2) is 3.95. The van der Waals surface area contributed by atoms with Gasteiger partial charge in [-0.1, -0.05) is 0 Å². The van der Waals surface area contributed by atoms with Crippen LogP contribution in [0.5, 0.6) is 0 Å². The molecule has 0 fully saturated rings. The highest BCUT2D eigenvalue weighted by atomic mass is 35.7. The van der Waals surface area contributed by atoms with Crippen LogP contribution in [0.1, 0.15) is 5.56 Å². The van der Waals surface area contributed by atoms with Gasteiger partial charge in [-0.25, -0.2) is 12.8 Å². The molecule has 0 unspecified atom stereocenters. The van der Waals surface area contributed by atoms with Crippen molar-refractivity contribution in [3.63, 3.8) is 0 Å². The van der Waals surface area contributed by atoms with Crippen LogP contribution in [0.4, 0.5) is 14.5 Å². The van der Waals surface area contributed by atoms with E-state index in [1.807, 2.05) is 0 Å². The molecule has 0 N–H and O–H groups in total. The lowest BCUT2D eigenvalue weighted by atomic mass is 10.2. The summed E-state index contributed by atoms with van der Waals surface area (Å²) in [6, 6.07) is 0.250. The minimum Gasteiger partial charge on any atom is -0.258 e. The van der Waals surface area contributed by atoms with E-state index in [1.165, 1.54) is 0 Å². The highest BCUT2D eigenvalue weighted by molar-refractivity contribution is 8.13. The number of hydrogen-bond acceptors (Lipinski definition) is 4. The predicted octanol–water partition coefficient (Wildman–Crippen LogP) is 2.11. The van der Waals surface area contributed by atoms with Crippen molar-refractivity contribution < 1.29 is 22.1 Å². The molecule has 0 heterocycles. The first-order chi connectivity index (χ1) is 7.16. The zero-order chi connectivity index (χ0) is 12.7. The van der Waals surface area contributed by atoms with Crippen LogP contribution in [0.15, 0.2) is 11.0 Å². The molecule has 0 saturated heterocycles. The molecule has 16 heavy (non-hydrogen) atoms. The first-order valence-electron chi connectivity index (χ1n) is 3.74. The number of nitro benzene ring substituents is 1. The van der Waals surface area contributed by atoms with Gasteiger partial charge in [-0.15, -0.1) is 0 Å². The SMILES string of the molecule is Cc1c(F)c([N+](=O)[O-])cc(S(=O)(=O)Cl)c1F. The number of hydrogen-bond donors (Lipinski definition) is 0. The van der Waals surface area contributed by atoms with Gasteiger partial charge in [0.25, 0.3) is 9.05 Å². The molecule has 9 heteroatoms. The zero-order valence-corrected chi connectivity index (χ0v) is 9.27. The van der Waals surface area contributed by atoms with Gasteiger partial charge >= 0.3 is 5.69 Å². The molecule has 1 rings (SSSR count). The number of nitrogens with zero attached hydrogens (tertiary/aromatic N) is 1. The third-order valence-corrected chi connectivity index (χ3v) is 3.15. The van der Waals surface area contributed by atoms with Crippen LogP contribution >= 0.6 is 10.7 Å². The number of halogens is 3. The van der Waals surface area contributed by atoms with E-state index in [2.05, 4.69) is 0 Å². The second-order valence-electron chi connectivity index (χ2n) is 2.84. The monoisotopic (exact) mass is 271 g/mol. The molecule has 5 nitrogen and oxygen atoms in total. The van der Waals surface area contributed by atoms with Crippen molar-refractivity contribution >= 4 is 25.4 Å². The average molecular weight is 272 g/mol. The summed E-state index contributed by atoms with van der Waals surface area (Å²) in [7, 11) is 0.349. The Morgan fingerprint density at radius 2 is 1.88 bits per heavy atom. The molecule has 0 spiro atoms. The number of rotatable bonds is 2. The van der Waals surface area contributed by atoms with E-state index in [1.54, 1.807) is 0 Å². The lowest BCUT2D eigenvalue weighted by Gasteiger charge is -2.04. The Balaban J connectivity index is 3.74. The van der Waals surface area contributed by atoms with Gasteiger partial charge in [-0.3, -0.25) is 10.1 Å². The van der Waals surface area contributed by atoms with E-state index >= 15 is 0 Å². The van der Waals surface area contributed by atoms with E-state index in [4.69, 9.17) is 10.7 Å². The Morgan fingerprint density at radius 3 is 2.25 bits per heavy atom. The molecule has 0 aliphatic rings.